The van der Waals surface area contributed by atoms with Crippen LogP contribution in [0.3, 0.4) is 0 Å². The van der Waals surface area contributed by atoms with Gasteiger partial charge >= 0.3 is 12.1 Å². The second kappa shape index (κ2) is 6.75. The molecule has 140 valence electrons. The van der Waals surface area contributed by atoms with Crippen LogP contribution in [0.15, 0.2) is 52.1 Å². The number of para-hydroxylation sites is 2. The number of hydrogen-bond acceptors (Lipinski definition) is 4. The Balaban J connectivity index is 1.93. The van der Waals surface area contributed by atoms with E-state index in [0.717, 1.165) is 0 Å². The summed E-state index contributed by atoms with van der Waals surface area (Å²) >= 11 is 17.6. The first kappa shape index (κ1) is 19.0. The van der Waals surface area contributed by atoms with Gasteiger partial charge in [-0.15, -0.1) is 0 Å². The van der Waals surface area contributed by atoms with Crippen LogP contribution in [0.1, 0.15) is 5.76 Å². The van der Waals surface area contributed by atoms with Crippen molar-refractivity contribution in [2.24, 2.45) is 4.99 Å². The van der Waals surface area contributed by atoms with Crippen molar-refractivity contribution in [2.45, 2.75) is 22.4 Å². The lowest BCUT2D eigenvalue weighted by atomic mass is 10.3. The highest BCUT2D eigenvalue weighted by Gasteiger charge is 2.61. The van der Waals surface area contributed by atoms with E-state index in [4.69, 9.17) is 48.7 Å². The van der Waals surface area contributed by atoms with Crippen LogP contribution < -0.4 is 14.8 Å². The zero-order chi connectivity index (χ0) is 19.0. The van der Waals surface area contributed by atoms with Crippen molar-refractivity contribution in [3.05, 3.63) is 48.4 Å². The van der Waals surface area contributed by atoms with Crippen LogP contribution in [0.25, 0.3) is 0 Å². The van der Waals surface area contributed by atoms with Crippen LogP contribution in [-0.2, 0) is 6.54 Å². The summed E-state index contributed by atoms with van der Waals surface area (Å²) in [5.74, 6) is -3.47. The Morgan fingerprint density at radius 3 is 2.12 bits per heavy atom. The molecule has 0 aliphatic carbocycles. The lowest BCUT2D eigenvalue weighted by Crippen LogP contribution is -2.65. The van der Waals surface area contributed by atoms with Gasteiger partial charge in [0.1, 0.15) is 5.76 Å². The third-order valence-corrected chi connectivity index (χ3v) is 4.00. The number of benzene rings is 1. The van der Waals surface area contributed by atoms with Gasteiger partial charge in [-0.25, -0.2) is 0 Å². The highest BCUT2D eigenvalue weighted by Crippen LogP contribution is 2.48. The fourth-order valence-corrected chi connectivity index (χ4v) is 2.48. The Bertz CT molecular complexity index is 779. The van der Waals surface area contributed by atoms with E-state index in [0.29, 0.717) is 0 Å². The van der Waals surface area contributed by atoms with Crippen LogP contribution in [0.5, 0.6) is 11.5 Å². The number of nitrogens with one attached hydrogen (secondary N) is 1. The first-order valence-corrected chi connectivity index (χ1v) is 8.20. The van der Waals surface area contributed by atoms with E-state index < -0.39 is 28.3 Å². The number of alkyl halides is 6. The largest absolute Gasteiger partial charge is 0.467 e. The smallest absolute Gasteiger partial charge is 0.449 e. The molecule has 0 saturated carbocycles. The molecule has 0 fully saturated rings. The fraction of sp³-hybridized carbons (Fsp3) is 0.267. The minimum atomic E-state index is -4.89. The molecular weight excluding hydrogens is 420 g/mol. The van der Waals surface area contributed by atoms with E-state index in [-0.39, 0.29) is 17.3 Å². The van der Waals surface area contributed by atoms with Crippen molar-refractivity contribution >= 4 is 40.6 Å². The highest BCUT2D eigenvalue weighted by atomic mass is 35.6. The number of furan rings is 1. The molecule has 2 aromatic rings. The van der Waals surface area contributed by atoms with Gasteiger partial charge in [0.25, 0.3) is 3.79 Å². The Kier molecular flexibility index (Phi) is 4.94. The van der Waals surface area contributed by atoms with E-state index in [2.05, 4.69) is 4.99 Å². The van der Waals surface area contributed by atoms with E-state index in [9.17, 15) is 13.2 Å². The number of nitrogens with zero attached hydrogens (tertiary/aromatic N) is 1. The molecule has 1 aromatic heterocycles. The molecule has 0 saturated heterocycles. The number of rotatable bonds is 3. The predicted molar refractivity (Wildman–Crippen MR) is 89.8 cm³/mol. The summed E-state index contributed by atoms with van der Waals surface area (Å²) in [4.78, 5) is 3.47. The van der Waals surface area contributed by atoms with E-state index in [1.165, 1.54) is 30.5 Å². The molecule has 5 nitrogen and oxygen atoms in total. The minimum Gasteiger partial charge on any atom is -0.467 e. The predicted octanol–water partition coefficient (Wildman–Crippen LogP) is 4.83. The molecule has 0 unspecified atom stereocenters. The van der Waals surface area contributed by atoms with Gasteiger partial charge in [0.15, 0.2) is 11.5 Å². The van der Waals surface area contributed by atoms with Gasteiger partial charge in [0.05, 0.1) is 12.8 Å². The summed E-state index contributed by atoms with van der Waals surface area (Å²) in [6.45, 7) is -0.391. The van der Waals surface area contributed by atoms with Crippen molar-refractivity contribution in [2.75, 3.05) is 0 Å². The first-order valence-electron chi connectivity index (χ1n) is 7.07. The van der Waals surface area contributed by atoms with E-state index in [1.807, 2.05) is 5.32 Å². The maximum Gasteiger partial charge on any atom is 0.449 e. The molecule has 0 amide bonds. The number of halogens is 6. The first-order chi connectivity index (χ1) is 12.1. The normalized spacial score (nSPS) is 16.6. The zero-order valence-corrected chi connectivity index (χ0v) is 15.0. The monoisotopic (exact) mass is 428 g/mol. The van der Waals surface area contributed by atoms with Gasteiger partial charge in [-0.3, -0.25) is 10.3 Å². The third-order valence-electron chi connectivity index (χ3n) is 3.25. The van der Waals surface area contributed by atoms with Gasteiger partial charge in [0, 0.05) is 0 Å². The van der Waals surface area contributed by atoms with Crippen molar-refractivity contribution in [1.82, 2.24) is 5.32 Å². The van der Waals surface area contributed by atoms with Crippen LogP contribution in [0.2, 0.25) is 0 Å². The molecule has 2 heterocycles. The van der Waals surface area contributed by atoms with Crippen LogP contribution in [0, 0.1) is 0 Å². The molecular formula is C15H10Cl3F3N2O3. The van der Waals surface area contributed by atoms with Gasteiger partial charge in [-0.05, 0) is 24.3 Å². The Morgan fingerprint density at radius 1 is 1.04 bits per heavy atom. The van der Waals surface area contributed by atoms with Gasteiger partial charge in [-0.2, -0.15) is 13.2 Å². The second-order valence-electron chi connectivity index (χ2n) is 5.13. The zero-order valence-electron chi connectivity index (χ0n) is 12.7. The maximum atomic E-state index is 13.4. The quantitative estimate of drug-likeness (QED) is 0.432. The van der Waals surface area contributed by atoms with Crippen molar-refractivity contribution < 1.29 is 27.1 Å². The molecule has 0 spiro atoms. The minimum absolute atomic E-state index is 0.110. The summed E-state index contributed by atoms with van der Waals surface area (Å²) in [6.07, 6.45) is -3.58. The lowest BCUT2D eigenvalue weighted by Gasteiger charge is -2.34. The van der Waals surface area contributed by atoms with Crippen LogP contribution >= 0.6 is 34.8 Å². The number of aliphatic imine (C=N–C) groups is 1. The summed E-state index contributed by atoms with van der Waals surface area (Å²) < 4.78 is 53.6. The van der Waals surface area contributed by atoms with E-state index in [1.54, 1.807) is 12.1 Å². The standard InChI is InChI=1S/C15H10Cl3F3N2O3/c16-14(17,18)15(25-10-5-1-2-6-11(10)26-15)23-12(13(19,20)21)22-8-9-4-3-7-24-9/h1-7H,8H2,(H,22,23). The van der Waals surface area contributed by atoms with Gasteiger partial charge < -0.3 is 13.9 Å². The van der Waals surface area contributed by atoms with Gasteiger partial charge in [0.2, 0.25) is 5.84 Å². The summed E-state index contributed by atoms with van der Waals surface area (Å²) in [5, 5.41) is 1.96. The van der Waals surface area contributed by atoms with Crippen molar-refractivity contribution in [3.8, 4) is 11.5 Å². The molecule has 1 aliphatic heterocycles. The topological polar surface area (TPSA) is 56.0 Å². The summed E-state index contributed by atoms with van der Waals surface area (Å²) in [6, 6.07) is 9.10. The summed E-state index contributed by atoms with van der Waals surface area (Å²) in [5.41, 5.74) is 0. The van der Waals surface area contributed by atoms with Crippen molar-refractivity contribution in [3.63, 3.8) is 0 Å². The molecule has 0 radical (unpaired) electrons. The van der Waals surface area contributed by atoms with Crippen LogP contribution in [-0.4, -0.2) is 21.7 Å². The Hall–Kier alpha value is -1.77. The summed E-state index contributed by atoms with van der Waals surface area (Å²) in [7, 11) is 0. The van der Waals surface area contributed by atoms with Crippen LogP contribution in [0.4, 0.5) is 13.2 Å². The number of hydrogen-bond donors (Lipinski definition) is 1. The second-order valence-corrected chi connectivity index (χ2v) is 7.41. The number of amidine groups is 1. The average molecular weight is 430 g/mol. The maximum absolute atomic E-state index is 13.4. The molecule has 1 aliphatic rings. The van der Waals surface area contributed by atoms with Gasteiger partial charge in [-0.1, -0.05) is 46.9 Å². The number of fused-ring (bicyclic) bond motifs is 1. The molecule has 1 aromatic carbocycles. The van der Waals surface area contributed by atoms with Crippen molar-refractivity contribution in [1.29, 1.82) is 0 Å². The fourth-order valence-electron chi connectivity index (χ4n) is 2.10. The van der Waals surface area contributed by atoms with E-state index >= 15 is 0 Å². The molecule has 0 bridgehead atoms. The molecule has 0 atom stereocenters. The third kappa shape index (κ3) is 3.82. The molecule has 11 heteroatoms. The molecule has 26 heavy (non-hydrogen) atoms. The average Bonchev–Trinajstić information content (AvgIpc) is 3.17. The SMILES string of the molecule is FC(F)(F)C(=NCc1ccco1)NC1(C(Cl)(Cl)Cl)Oc2ccccc2O1. The highest BCUT2D eigenvalue weighted by molar-refractivity contribution is 6.68. The Labute approximate surface area is 160 Å². The molecule has 3 rings (SSSR count). The molecule has 1 N–H and O–H groups in total. The lowest BCUT2D eigenvalue weighted by molar-refractivity contribution is -0.108. The Morgan fingerprint density at radius 2 is 1.65 bits per heavy atom. The number of ether oxygens (including phenoxy) is 2.